The number of piperidine rings is 1. The molecule has 2 rings (SSSR count). The lowest BCUT2D eigenvalue weighted by Crippen LogP contribution is -2.41. The Morgan fingerprint density at radius 3 is 2.68 bits per heavy atom. The summed E-state index contributed by atoms with van der Waals surface area (Å²) in [5.41, 5.74) is 5.22. The van der Waals surface area contributed by atoms with E-state index in [0.29, 0.717) is 0 Å². The molecule has 1 fully saturated rings. The van der Waals surface area contributed by atoms with Crippen LogP contribution in [0, 0.1) is 11.6 Å². The zero-order valence-corrected chi connectivity index (χ0v) is 10.6. The van der Waals surface area contributed by atoms with Crippen LogP contribution < -0.4 is 5.73 Å². The molecule has 0 radical (unpaired) electrons. The number of nitrogens with zero attached hydrogens (tertiary/aromatic N) is 2. The smallest absolute Gasteiger partial charge is 0.218 e. The zero-order valence-electron chi connectivity index (χ0n) is 10.6. The molecular weight excluding hydrogens is 252 g/mol. The van der Waals surface area contributed by atoms with Gasteiger partial charge in [0.05, 0.1) is 12.4 Å². The summed E-state index contributed by atoms with van der Waals surface area (Å²) < 4.78 is 27.1. The standard InChI is InChI=1S/C13H17F2N3O/c14-11-6-17-7-12(15)10(11)8-18-4-2-1-3-9(18)5-13(16)19/h6-7,9H,1-5,8H2,(H2,16,19). The van der Waals surface area contributed by atoms with Gasteiger partial charge in [-0.05, 0) is 19.4 Å². The molecule has 2 N–H and O–H groups in total. The van der Waals surface area contributed by atoms with E-state index in [0.717, 1.165) is 38.2 Å². The molecule has 1 aromatic heterocycles. The van der Waals surface area contributed by atoms with Gasteiger partial charge in [0.2, 0.25) is 5.91 Å². The summed E-state index contributed by atoms with van der Waals surface area (Å²) in [6.45, 7) is 0.872. The van der Waals surface area contributed by atoms with Crippen molar-refractivity contribution >= 4 is 5.91 Å². The van der Waals surface area contributed by atoms with Crippen LogP contribution in [0.5, 0.6) is 0 Å². The van der Waals surface area contributed by atoms with Crippen molar-refractivity contribution in [1.82, 2.24) is 9.88 Å². The summed E-state index contributed by atoms with van der Waals surface area (Å²) in [7, 11) is 0. The number of aromatic nitrogens is 1. The molecule has 1 amide bonds. The fraction of sp³-hybridized carbons (Fsp3) is 0.538. The van der Waals surface area contributed by atoms with Crippen molar-refractivity contribution in [2.24, 2.45) is 5.73 Å². The van der Waals surface area contributed by atoms with E-state index in [9.17, 15) is 13.6 Å². The van der Waals surface area contributed by atoms with Gasteiger partial charge in [-0.15, -0.1) is 0 Å². The Bertz CT molecular complexity index is 447. The molecular formula is C13H17F2N3O. The van der Waals surface area contributed by atoms with Gasteiger partial charge >= 0.3 is 0 Å². The molecule has 0 bridgehead atoms. The number of carbonyl (C=O) groups is 1. The minimum Gasteiger partial charge on any atom is -0.370 e. The quantitative estimate of drug-likeness (QED) is 0.903. The molecule has 0 spiro atoms. The van der Waals surface area contributed by atoms with Gasteiger partial charge in [0.1, 0.15) is 11.6 Å². The number of likely N-dealkylation sites (tertiary alicyclic amines) is 1. The van der Waals surface area contributed by atoms with Crippen LogP contribution in [0.15, 0.2) is 12.4 Å². The first-order chi connectivity index (χ1) is 9.08. The number of amides is 1. The highest BCUT2D eigenvalue weighted by atomic mass is 19.1. The number of carbonyl (C=O) groups excluding carboxylic acids is 1. The molecule has 1 aliphatic rings. The molecule has 0 aromatic carbocycles. The van der Waals surface area contributed by atoms with E-state index >= 15 is 0 Å². The molecule has 4 nitrogen and oxygen atoms in total. The average Bonchev–Trinajstić information content (AvgIpc) is 2.35. The van der Waals surface area contributed by atoms with E-state index < -0.39 is 11.6 Å². The molecule has 1 atom stereocenters. The molecule has 2 heterocycles. The summed E-state index contributed by atoms with van der Waals surface area (Å²) in [4.78, 5) is 16.4. The predicted molar refractivity (Wildman–Crippen MR) is 66.0 cm³/mol. The molecule has 19 heavy (non-hydrogen) atoms. The zero-order chi connectivity index (χ0) is 13.8. The van der Waals surface area contributed by atoms with Crippen LogP contribution in [-0.4, -0.2) is 28.4 Å². The fourth-order valence-electron chi connectivity index (χ4n) is 2.52. The number of hydrogen-bond acceptors (Lipinski definition) is 3. The van der Waals surface area contributed by atoms with Gasteiger partial charge in [0, 0.05) is 24.6 Å². The van der Waals surface area contributed by atoms with Gasteiger partial charge in [0.15, 0.2) is 0 Å². The highest BCUT2D eigenvalue weighted by Gasteiger charge is 2.25. The van der Waals surface area contributed by atoms with Crippen LogP contribution in [0.4, 0.5) is 8.78 Å². The predicted octanol–water partition coefficient (Wildman–Crippen LogP) is 1.59. The van der Waals surface area contributed by atoms with Crippen molar-refractivity contribution in [2.45, 2.75) is 38.3 Å². The Morgan fingerprint density at radius 2 is 2.05 bits per heavy atom. The van der Waals surface area contributed by atoms with Crippen molar-refractivity contribution < 1.29 is 13.6 Å². The van der Waals surface area contributed by atoms with E-state index in [-0.39, 0.29) is 30.5 Å². The summed E-state index contributed by atoms with van der Waals surface area (Å²) in [6, 6.07) is -0.0294. The summed E-state index contributed by atoms with van der Waals surface area (Å²) >= 11 is 0. The van der Waals surface area contributed by atoms with Gasteiger partial charge in [-0.3, -0.25) is 14.7 Å². The third kappa shape index (κ3) is 3.47. The second kappa shape index (κ2) is 6.06. The molecule has 1 saturated heterocycles. The molecule has 1 aromatic rings. The number of rotatable bonds is 4. The van der Waals surface area contributed by atoms with Crippen molar-refractivity contribution in [3.8, 4) is 0 Å². The summed E-state index contributed by atoms with van der Waals surface area (Å²) in [6.07, 6.45) is 5.04. The van der Waals surface area contributed by atoms with E-state index in [1.165, 1.54) is 0 Å². The second-order valence-electron chi connectivity index (χ2n) is 4.87. The lowest BCUT2D eigenvalue weighted by Gasteiger charge is -2.35. The normalized spacial score (nSPS) is 20.4. The fourth-order valence-corrected chi connectivity index (χ4v) is 2.52. The average molecular weight is 269 g/mol. The Balaban J connectivity index is 2.13. The largest absolute Gasteiger partial charge is 0.370 e. The van der Waals surface area contributed by atoms with Crippen LogP contribution in [0.1, 0.15) is 31.2 Å². The van der Waals surface area contributed by atoms with Crippen molar-refractivity contribution in [1.29, 1.82) is 0 Å². The molecule has 1 unspecified atom stereocenters. The van der Waals surface area contributed by atoms with E-state index in [1.54, 1.807) is 0 Å². The minimum absolute atomic E-state index is 0.00590. The topological polar surface area (TPSA) is 59.2 Å². The molecule has 6 heteroatoms. The first-order valence-corrected chi connectivity index (χ1v) is 6.38. The Labute approximate surface area is 110 Å². The molecule has 0 aliphatic carbocycles. The Hall–Kier alpha value is -1.56. The van der Waals surface area contributed by atoms with Gasteiger partial charge in [0.25, 0.3) is 0 Å². The number of nitrogens with two attached hydrogens (primary N) is 1. The van der Waals surface area contributed by atoms with Gasteiger partial charge in [-0.1, -0.05) is 6.42 Å². The molecule has 104 valence electrons. The molecule has 1 aliphatic heterocycles. The minimum atomic E-state index is -0.650. The molecule has 0 saturated carbocycles. The number of hydrogen-bond donors (Lipinski definition) is 1. The second-order valence-corrected chi connectivity index (χ2v) is 4.87. The first-order valence-electron chi connectivity index (χ1n) is 6.38. The Morgan fingerprint density at radius 1 is 1.37 bits per heavy atom. The maximum atomic E-state index is 13.6. The van der Waals surface area contributed by atoms with Crippen LogP contribution in [0.3, 0.4) is 0 Å². The maximum Gasteiger partial charge on any atom is 0.218 e. The third-order valence-corrected chi connectivity index (χ3v) is 3.50. The lowest BCUT2D eigenvalue weighted by atomic mass is 9.98. The van der Waals surface area contributed by atoms with E-state index in [1.807, 2.05) is 4.90 Å². The number of pyridine rings is 1. The highest BCUT2D eigenvalue weighted by Crippen LogP contribution is 2.23. The van der Waals surface area contributed by atoms with Crippen molar-refractivity contribution in [3.63, 3.8) is 0 Å². The third-order valence-electron chi connectivity index (χ3n) is 3.50. The maximum absolute atomic E-state index is 13.6. The van der Waals surface area contributed by atoms with E-state index in [2.05, 4.69) is 4.98 Å². The van der Waals surface area contributed by atoms with Gasteiger partial charge in [-0.2, -0.15) is 0 Å². The number of halogens is 2. The van der Waals surface area contributed by atoms with Crippen molar-refractivity contribution in [2.75, 3.05) is 6.54 Å². The monoisotopic (exact) mass is 269 g/mol. The van der Waals surface area contributed by atoms with Crippen LogP contribution in [0.2, 0.25) is 0 Å². The lowest BCUT2D eigenvalue weighted by molar-refractivity contribution is -0.119. The Kier molecular flexibility index (Phi) is 4.42. The van der Waals surface area contributed by atoms with Gasteiger partial charge < -0.3 is 5.73 Å². The van der Waals surface area contributed by atoms with Crippen LogP contribution in [-0.2, 0) is 11.3 Å². The number of primary amides is 1. The van der Waals surface area contributed by atoms with E-state index in [4.69, 9.17) is 5.73 Å². The summed E-state index contributed by atoms with van der Waals surface area (Å²) in [5, 5.41) is 0. The van der Waals surface area contributed by atoms with Crippen LogP contribution >= 0.6 is 0 Å². The SMILES string of the molecule is NC(=O)CC1CCCCN1Cc1c(F)cncc1F. The van der Waals surface area contributed by atoms with Gasteiger partial charge in [-0.25, -0.2) is 8.78 Å². The first kappa shape index (κ1) is 13.9. The van der Waals surface area contributed by atoms with Crippen LogP contribution in [0.25, 0.3) is 0 Å². The summed E-state index contributed by atoms with van der Waals surface area (Å²) in [5.74, 6) is -1.68. The highest BCUT2D eigenvalue weighted by molar-refractivity contribution is 5.74. The van der Waals surface area contributed by atoms with Crippen molar-refractivity contribution in [3.05, 3.63) is 29.6 Å².